The van der Waals surface area contributed by atoms with Crippen molar-refractivity contribution in [1.82, 2.24) is 29.3 Å². The Morgan fingerprint density at radius 1 is 1.38 bits per heavy atom. The van der Waals surface area contributed by atoms with Gasteiger partial charge in [-0.15, -0.1) is 5.10 Å². The number of fused-ring (bicyclic) bond motifs is 3. The van der Waals surface area contributed by atoms with Gasteiger partial charge in [0.15, 0.2) is 0 Å². The molecule has 1 aromatic rings. The van der Waals surface area contributed by atoms with E-state index < -0.39 is 0 Å². The number of nitrogens with one attached hydrogen (secondary N) is 1. The molecule has 0 aromatic carbocycles. The summed E-state index contributed by atoms with van der Waals surface area (Å²) >= 11 is 3.56. The summed E-state index contributed by atoms with van der Waals surface area (Å²) in [5.41, 5.74) is 1.32. The zero-order valence-electron chi connectivity index (χ0n) is 11.2. The van der Waals surface area contributed by atoms with Crippen LogP contribution in [0, 0.1) is 0 Å². The lowest BCUT2D eigenvalue weighted by Crippen LogP contribution is -2.17. The monoisotopic (exact) mass is 346 g/mol. The Balaban J connectivity index is 1.92. The summed E-state index contributed by atoms with van der Waals surface area (Å²) < 4.78 is 4.71. The van der Waals surface area contributed by atoms with Crippen LogP contribution in [0.2, 0.25) is 0 Å². The van der Waals surface area contributed by atoms with Crippen molar-refractivity contribution in [3.8, 4) is 11.4 Å². The topological polar surface area (TPSA) is 85.8 Å². The van der Waals surface area contributed by atoms with Crippen LogP contribution >= 0.6 is 15.9 Å². The minimum atomic E-state index is 0.355. The van der Waals surface area contributed by atoms with Crippen LogP contribution in [0.25, 0.3) is 11.4 Å². The van der Waals surface area contributed by atoms with Gasteiger partial charge >= 0.3 is 0 Å². The third-order valence-corrected chi connectivity index (χ3v) is 3.84. The fourth-order valence-corrected chi connectivity index (χ4v) is 2.94. The summed E-state index contributed by atoms with van der Waals surface area (Å²) in [5.74, 6) is 2.24. The smallest absolute Gasteiger partial charge is 0.271 e. The number of pyridine rings is 1. The molecular weight excluding hydrogens is 336 g/mol. The van der Waals surface area contributed by atoms with Crippen molar-refractivity contribution in [3.63, 3.8) is 0 Å². The molecule has 1 aromatic heterocycles. The Morgan fingerprint density at radius 3 is 3.10 bits per heavy atom. The Labute approximate surface area is 128 Å². The lowest BCUT2D eigenvalue weighted by atomic mass is 10.2. The molecule has 0 unspecified atom stereocenters. The van der Waals surface area contributed by atoms with Crippen molar-refractivity contribution in [2.24, 2.45) is 12.0 Å². The zero-order chi connectivity index (χ0) is 14.4. The molecule has 0 bridgehead atoms. The average Bonchev–Trinajstić information content (AvgIpc) is 3.09. The van der Waals surface area contributed by atoms with Gasteiger partial charge in [-0.3, -0.25) is 4.68 Å². The van der Waals surface area contributed by atoms with E-state index in [0.29, 0.717) is 11.6 Å². The molecule has 0 amide bonds. The van der Waals surface area contributed by atoms with Crippen LogP contribution in [-0.4, -0.2) is 35.8 Å². The van der Waals surface area contributed by atoms with Crippen molar-refractivity contribution in [1.29, 1.82) is 0 Å². The molecule has 3 aliphatic heterocycles. The van der Waals surface area contributed by atoms with Crippen LogP contribution in [0.5, 0.6) is 0 Å². The third-order valence-electron chi connectivity index (χ3n) is 3.23. The van der Waals surface area contributed by atoms with E-state index in [4.69, 9.17) is 0 Å². The largest absolute Gasteiger partial charge is 0.369 e. The highest BCUT2D eigenvalue weighted by Crippen LogP contribution is 2.32. The number of aromatic nitrogens is 6. The fourth-order valence-electron chi connectivity index (χ4n) is 2.34. The van der Waals surface area contributed by atoms with Gasteiger partial charge in [-0.05, 0) is 22.0 Å². The number of anilines is 1. The molecule has 0 aliphatic carbocycles. The third kappa shape index (κ3) is 2.09. The van der Waals surface area contributed by atoms with Crippen LogP contribution < -0.4 is 10.9 Å². The minimum absolute atomic E-state index is 0.355. The first-order valence-corrected chi connectivity index (χ1v) is 7.20. The van der Waals surface area contributed by atoms with Crippen LogP contribution in [0.15, 0.2) is 28.1 Å². The molecule has 0 fully saturated rings. The molecule has 0 saturated carbocycles. The van der Waals surface area contributed by atoms with Crippen molar-refractivity contribution < 1.29 is 0 Å². The van der Waals surface area contributed by atoms with Gasteiger partial charge in [-0.25, -0.2) is 4.98 Å². The fraction of sp³-hybridized carbons (Fsp3) is 0.250. The Morgan fingerprint density at radius 2 is 2.29 bits per heavy atom. The first-order chi connectivity index (χ1) is 10.2. The molecule has 0 radical (unpaired) electrons. The summed E-state index contributed by atoms with van der Waals surface area (Å²) in [5, 5.41) is 7.43. The lowest BCUT2D eigenvalue weighted by molar-refractivity contribution is 0.761. The number of hydrogen-bond donors (Lipinski definition) is 1. The number of nitrogens with zero attached hydrogens (tertiary/aromatic N) is 7. The molecule has 3 aliphatic rings. The Kier molecular flexibility index (Phi) is 2.74. The van der Waals surface area contributed by atoms with Crippen LogP contribution in [0.4, 0.5) is 11.8 Å². The molecular formula is C12H11BrN8. The summed E-state index contributed by atoms with van der Waals surface area (Å²) in [6.07, 6.45) is 3.35. The van der Waals surface area contributed by atoms with E-state index >= 15 is 0 Å². The highest BCUT2D eigenvalue weighted by Gasteiger charge is 2.19. The molecule has 8 nitrogen and oxygen atoms in total. The maximum atomic E-state index is 4.53. The van der Waals surface area contributed by atoms with E-state index in [1.807, 2.05) is 6.07 Å². The molecule has 4 heterocycles. The van der Waals surface area contributed by atoms with Gasteiger partial charge in [0.05, 0.1) is 4.47 Å². The number of hydrogen-bond acceptors (Lipinski definition) is 6. The van der Waals surface area contributed by atoms with Gasteiger partial charge in [-0.1, -0.05) is 0 Å². The average molecular weight is 347 g/mol. The predicted octanol–water partition coefficient (Wildman–Crippen LogP) is 0.932. The highest BCUT2D eigenvalue weighted by molar-refractivity contribution is 9.10. The molecule has 9 heteroatoms. The summed E-state index contributed by atoms with van der Waals surface area (Å²) in [6, 6.07) is 2.00. The first kappa shape index (κ1) is 12.5. The van der Waals surface area contributed by atoms with Crippen LogP contribution in [-0.2, 0) is 13.6 Å². The van der Waals surface area contributed by atoms with Gasteiger partial charge in [0, 0.05) is 31.9 Å². The Bertz CT molecular complexity index is 864. The van der Waals surface area contributed by atoms with E-state index in [2.05, 4.69) is 50.9 Å². The molecule has 4 rings (SSSR count). The highest BCUT2D eigenvalue weighted by atomic mass is 79.9. The van der Waals surface area contributed by atoms with E-state index in [-0.39, 0.29) is 0 Å². The second-order valence-corrected chi connectivity index (χ2v) is 5.55. The number of halogens is 1. The molecule has 106 valence electrons. The van der Waals surface area contributed by atoms with Gasteiger partial charge < -0.3 is 9.88 Å². The van der Waals surface area contributed by atoms with Crippen LogP contribution in [0.3, 0.4) is 0 Å². The SMILES string of the molecule is Cn1cnc(N=c2ncc3cc(Br)c4n(c-3n2)CCN4)n1. The van der Waals surface area contributed by atoms with Gasteiger partial charge in [0.2, 0.25) is 0 Å². The summed E-state index contributed by atoms with van der Waals surface area (Å²) in [4.78, 5) is 17.1. The van der Waals surface area contributed by atoms with E-state index in [1.54, 1.807) is 24.3 Å². The molecule has 0 saturated heterocycles. The predicted molar refractivity (Wildman–Crippen MR) is 79.1 cm³/mol. The Hall–Kier alpha value is -2.29. The quantitative estimate of drug-likeness (QED) is 0.708. The van der Waals surface area contributed by atoms with Gasteiger partial charge in [0.25, 0.3) is 11.6 Å². The van der Waals surface area contributed by atoms with Crippen molar-refractivity contribution in [3.05, 3.63) is 28.7 Å². The summed E-state index contributed by atoms with van der Waals surface area (Å²) in [7, 11) is 1.79. The molecule has 0 atom stereocenters. The minimum Gasteiger partial charge on any atom is -0.369 e. The second kappa shape index (κ2) is 4.62. The molecule has 1 N–H and O–H groups in total. The van der Waals surface area contributed by atoms with E-state index in [9.17, 15) is 0 Å². The van der Waals surface area contributed by atoms with E-state index in [1.165, 1.54) is 0 Å². The van der Waals surface area contributed by atoms with Gasteiger partial charge in [-0.2, -0.15) is 15.0 Å². The standard InChI is InChI=1S/C12H11BrN8/c1-20-6-16-12(19-20)18-11-15-5-7-4-8(13)10-14-2-3-21(10)9(7)17-11/h4-6,14H,2-3H2,1H3. The second-order valence-electron chi connectivity index (χ2n) is 4.70. The zero-order valence-corrected chi connectivity index (χ0v) is 12.7. The van der Waals surface area contributed by atoms with Gasteiger partial charge in [0.1, 0.15) is 18.0 Å². The number of aryl methyl sites for hydroxylation is 1. The number of rotatable bonds is 1. The van der Waals surface area contributed by atoms with Crippen LogP contribution in [0.1, 0.15) is 0 Å². The first-order valence-electron chi connectivity index (χ1n) is 6.41. The lowest BCUT2D eigenvalue weighted by Gasteiger charge is -2.13. The normalized spacial score (nSPS) is 14.5. The van der Waals surface area contributed by atoms with Crippen molar-refractivity contribution in [2.45, 2.75) is 6.54 Å². The van der Waals surface area contributed by atoms with E-state index in [0.717, 1.165) is 34.8 Å². The molecule has 21 heavy (non-hydrogen) atoms. The summed E-state index contributed by atoms with van der Waals surface area (Å²) in [6.45, 7) is 1.75. The maximum absolute atomic E-state index is 4.53. The maximum Gasteiger partial charge on any atom is 0.271 e. The van der Waals surface area contributed by atoms with Crippen molar-refractivity contribution >= 4 is 27.7 Å². The molecule has 0 spiro atoms. The van der Waals surface area contributed by atoms with Crippen molar-refractivity contribution in [2.75, 3.05) is 11.9 Å².